The number of thiocarbonyl (C=S) groups is 1. The molecular formula is C11H16N2OS2. The first-order valence-electron chi connectivity index (χ1n) is 5.26. The van der Waals surface area contributed by atoms with Crippen molar-refractivity contribution in [2.24, 2.45) is 5.73 Å². The minimum Gasteiger partial charge on any atom is -0.393 e. The number of rotatable bonds is 6. The summed E-state index contributed by atoms with van der Waals surface area (Å²) >= 11 is 6.29. The predicted molar refractivity (Wildman–Crippen MR) is 71.9 cm³/mol. The second kappa shape index (κ2) is 6.60. The number of carbonyl (C=O) groups is 1. The smallest absolute Gasteiger partial charge is 0.263 e. The fraction of sp³-hybridized carbons (Fsp3) is 0.455. The van der Waals surface area contributed by atoms with E-state index in [1.54, 1.807) is 0 Å². The van der Waals surface area contributed by atoms with Gasteiger partial charge in [-0.3, -0.25) is 4.79 Å². The van der Waals surface area contributed by atoms with Crippen molar-refractivity contribution < 1.29 is 4.79 Å². The maximum atomic E-state index is 12.1. The summed E-state index contributed by atoms with van der Waals surface area (Å²) in [6, 6.07) is 3.73. The molecule has 0 unspecified atom stereocenters. The van der Waals surface area contributed by atoms with E-state index in [0.717, 1.165) is 17.8 Å². The Morgan fingerprint density at radius 1 is 1.56 bits per heavy atom. The normalized spacial score (nSPS) is 10.1. The molecule has 2 N–H and O–H groups in total. The largest absolute Gasteiger partial charge is 0.393 e. The van der Waals surface area contributed by atoms with Crippen LogP contribution >= 0.6 is 23.6 Å². The molecule has 0 aliphatic rings. The molecule has 0 saturated carbocycles. The molecular weight excluding hydrogens is 240 g/mol. The topological polar surface area (TPSA) is 46.3 Å². The monoisotopic (exact) mass is 256 g/mol. The van der Waals surface area contributed by atoms with Crippen LogP contribution in [0.1, 0.15) is 29.4 Å². The van der Waals surface area contributed by atoms with Gasteiger partial charge in [-0.15, -0.1) is 11.3 Å². The Morgan fingerprint density at radius 2 is 2.31 bits per heavy atom. The van der Waals surface area contributed by atoms with Crippen LogP contribution in [0.3, 0.4) is 0 Å². The lowest BCUT2D eigenvalue weighted by Gasteiger charge is -2.21. The van der Waals surface area contributed by atoms with Crippen LogP contribution in [0.4, 0.5) is 0 Å². The van der Waals surface area contributed by atoms with Crippen molar-refractivity contribution in [3.8, 4) is 0 Å². The van der Waals surface area contributed by atoms with Gasteiger partial charge >= 0.3 is 0 Å². The molecule has 5 heteroatoms. The molecule has 0 aromatic carbocycles. The number of thiophene rings is 1. The molecule has 0 bridgehead atoms. The summed E-state index contributed by atoms with van der Waals surface area (Å²) in [7, 11) is 0. The first kappa shape index (κ1) is 13.1. The lowest BCUT2D eigenvalue weighted by molar-refractivity contribution is 0.0765. The van der Waals surface area contributed by atoms with Crippen LogP contribution in [-0.2, 0) is 0 Å². The quantitative estimate of drug-likeness (QED) is 0.794. The number of hydrogen-bond acceptors (Lipinski definition) is 3. The molecule has 88 valence electrons. The zero-order chi connectivity index (χ0) is 12.0. The Morgan fingerprint density at radius 3 is 2.81 bits per heavy atom. The van der Waals surface area contributed by atoms with Gasteiger partial charge in [-0.25, -0.2) is 0 Å². The summed E-state index contributed by atoms with van der Waals surface area (Å²) in [6.07, 6.45) is 1.53. The van der Waals surface area contributed by atoms with Crippen molar-refractivity contribution in [3.05, 3.63) is 22.4 Å². The zero-order valence-corrected chi connectivity index (χ0v) is 10.9. The third kappa shape index (κ3) is 3.90. The van der Waals surface area contributed by atoms with Gasteiger partial charge in [0.2, 0.25) is 0 Å². The Bertz CT molecular complexity index is 349. The van der Waals surface area contributed by atoms with Crippen LogP contribution in [0.25, 0.3) is 0 Å². The van der Waals surface area contributed by atoms with Crippen molar-refractivity contribution >= 4 is 34.5 Å². The van der Waals surface area contributed by atoms with E-state index in [1.165, 1.54) is 11.3 Å². The highest BCUT2D eigenvalue weighted by molar-refractivity contribution is 7.80. The molecule has 1 rings (SSSR count). The van der Waals surface area contributed by atoms with Crippen LogP contribution in [0.2, 0.25) is 0 Å². The predicted octanol–water partition coefficient (Wildman–Crippen LogP) is 2.28. The van der Waals surface area contributed by atoms with E-state index in [0.29, 0.717) is 18.0 Å². The van der Waals surface area contributed by atoms with Crippen molar-refractivity contribution in [1.29, 1.82) is 0 Å². The van der Waals surface area contributed by atoms with Crippen molar-refractivity contribution in [2.75, 3.05) is 13.1 Å². The Labute approximate surface area is 105 Å². The van der Waals surface area contributed by atoms with Crippen LogP contribution in [-0.4, -0.2) is 28.9 Å². The summed E-state index contributed by atoms with van der Waals surface area (Å²) in [5, 5.41) is 1.91. The second-order valence-electron chi connectivity index (χ2n) is 3.49. The molecule has 1 aromatic heterocycles. The summed E-state index contributed by atoms with van der Waals surface area (Å²) in [6.45, 7) is 3.41. The van der Waals surface area contributed by atoms with Crippen LogP contribution in [0.15, 0.2) is 17.5 Å². The molecule has 0 saturated heterocycles. The van der Waals surface area contributed by atoms with Crippen LogP contribution in [0, 0.1) is 0 Å². The molecule has 0 aliphatic carbocycles. The average Bonchev–Trinajstić information content (AvgIpc) is 2.76. The first-order valence-corrected chi connectivity index (χ1v) is 6.55. The Kier molecular flexibility index (Phi) is 5.42. The maximum absolute atomic E-state index is 12.1. The Hall–Kier alpha value is -0.940. The highest BCUT2D eigenvalue weighted by atomic mass is 32.1. The summed E-state index contributed by atoms with van der Waals surface area (Å²) in [4.78, 5) is 15.1. The SMILES string of the molecule is CCCN(CCC(N)=S)C(=O)c1cccs1. The number of carbonyl (C=O) groups excluding carboxylic acids is 1. The van der Waals surface area contributed by atoms with Crippen LogP contribution in [0.5, 0.6) is 0 Å². The van der Waals surface area contributed by atoms with Crippen molar-refractivity contribution in [2.45, 2.75) is 19.8 Å². The van der Waals surface area contributed by atoms with Gasteiger partial charge in [-0.1, -0.05) is 25.2 Å². The van der Waals surface area contributed by atoms with E-state index in [9.17, 15) is 4.79 Å². The van der Waals surface area contributed by atoms with Gasteiger partial charge in [-0.05, 0) is 17.9 Å². The number of nitrogens with zero attached hydrogens (tertiary/aromatic N) is 1. The minimum atomic E-state index is 0.0769. The minimum absolute atomic E-state index is 0.0769. The Balaban J connectivity index is 2.62. The molecule has 0 radical (unpaired) electrons. The number of nitrogens with two attached hydrogens (primary N) is 1. The highest BCUT2D eigenvalue weighted by Crippen LogP contribution is 2.12. The molecule has 0 spiro atoms. The van der Waals surface area contributed by atoms with Gasteiger partial charge < -0.3 is 10.6 Å². The molecule has 0 fully saturated rings. The van der Waals surface area contributed by atoms with Gasteiger partial charge in [0.1, 0.15) is 0 Å². The molecule has 3 nitrogen and oxygen atoms in total. The van der Waals surface area contributed by atoms with Gasteiger partial charge in [0.25, 0.3) is 5.91 Å². The standard InChI is InChI=1S/C11H16N2OS2/c1-2-6-13(7-5-10(12)15)11(14)9-4-3-8-16-9/h3-4,8H,2,5-7H2,1H3,(H2,12,15). The maximum Gasteiger partial charge on any atom is 0.263 e. The van der Waals surface area contributed by atoms with E-state index in [2.05, 4.69) is 6.92 Å². The molecule has 1 aromatic rings. The van der Waals surface area contributed by atoms with Crippen molar-refractivity contribution in [3.63, 3.8) is 0 Å². The van der Waals surface area contributed by atoms with Gasteiger partial charge in [-0.2, -0.15) is 0 Å². The lowest BCUT2D eigenvalue weighted by atomic mass is 10.3. The highest BCUT2D eigenvalue weighted by Gasteiger charge is 2.15. The lowest BCUT2D eigenvalue weighted by Crippen LogP contribution is -2.33. The second-order valence-corrected chi connectivity index (χ2v) is 4.96. The van der Waals surface area contributed by atoms with Gasteiger partial charge in [0.15, 0.2) is 0 Å². The van der Waals surface area contributed by atoms with Crippen molar-refractivity contribution in [1.82, 2.24) is 4.90 Å². The van der Waals surface area contributed by atoms with E-state index in [1.807, 2.05) is 22.4 Å². The molecule has 1 heterocycles. The fourth-order valence-electron chi connectivity index (χ4n) is 1.39. The molecule has 16 heavy (non-hydrogen) atoms. The van der Waals surface area contributed by atoms with E-state index >= 15 is 0 Å². The first-order chi connectivity index (χ1) is 7.65. The fourth-order valence-corrected chi connectivity index (χ4v) is 2.17. The van der Waals surface area contributed by atoms with Gasteiger partial charge in [0, 0.05) is 19.5 Å². The van der Waals surface area contributed by atoms with E-state index < -0.39 is 0 Å². The van der Waals surface area contributed by atoms with E-state index in [-0.39, 0.29) is 5.91 Å². The molecule has 1 amide bonds. The molecule has 0 atom stereocenters. The molecule has 0 aliphatic heterocycles. The van der Waals surface area contributed by atoms with E-state index in [4.69, 9.17) is 18.0 Å². The summed E-state index contributed by atoms with van der Waals surface area (Å²) < 4.78 is 0. The van der Waals surface area contributed by atoms with Crippen LogP contribution < -0.4 is 5.73 Å². The zero-order valence-electron chi connectivity index (χ0n) is 9.31. The number of amides is 1. The summed E-state index contributed by atoms with van der Waals surface area (Å²) in [5.74, 6) is 0.0769. The van der Waals surface area contributed by atoms with Gasteiger partial charge in [0.05, 0.1) is 9.87 Å². The number of hydrogen-bond donors (Lipinski definition) is 1. The third-order valence-electron chi connectivity index (χ3n) is 2.14. The average molecular weight is 256 g/mol. The summed E-state index contributed by atoms with van der Waals surface area (Å²) in [5.41, 5.74) is 5.45. The third-order valence-corrected chi connectivity index (χ3v) is 3.20.